The number of carbonyl (C=O) groups excluding carboxylic acids is 2. The van der Waals surface area contributed by atoms with E-state index in [1.165, 1.54) is 379 Å². The number of esters is 1. The molecule has 6 nitrogen and oxygen atoms in total. The average Bonchev–Trinajstić information content (AvgIpc) is 3.48. The highest BCUT2D eigenvalue weighted by atomic mass is 16.5. The molecule has 0 aliphatic carbocycles. The van der Waals surface area contributed by atoms with E-state index in [1.807, 2.05) is 0 Å². The Balaban J connectivity index is 3.27. The molecule has 0 rings (SSSR count). The van der Waals surface area contributed by atoms with Crippen molar-refractivity contribution in [2.45, 2.75) is 463 Å². The van der Waals surface area contributed by atoms with E-state index >= 15 is 0 Å². The zero-order valence-electron chi connectivity index (χ0n) is 56.3. The van der Waals surface area contributed by atoms with Gasteiger partial charge in [0.05, 0.1) is 25.4 Å². The zero-order valence-corrected chi connectivity index (χ0v) is 56.3. The highest BCUT2D eigenvalue weighted by Crippen LogP contribution is 2.20. The first-order valence-corrected chi connectivity index (χ1v) is 38.3. The first-order chi connectivity index (χ1) is 40.5. The van der Waals surface area contributed by atoms with Gasteiger partial charge < -0.3 is 20.3 Å². The Labute approximate surface area is 515 Å². The van der Waals surface area contributed by atoms with Crippen LogP contribution in [0.5, 0.6) is 0 Å². The normalized spacial score (nSPS) is 12.4. The second-order valence-electron chi connectivity index (χ2n) is 26.7. The van der Waals surface area contributed by atoms with Crippen LogP contribution in [0.1, 0.15) is 450 Å². The second-order valence-corrected chi connectivity index (χ2v) is 26.7. The predicted molar refractivity (Wildman–Crippen MR) is 361 cm³/mol. The molecule has 1 amide bonds. The van der Waals surface area contributed by atoms with E-state index < -0.39 is 12.1 Å². The van der Waals surface area contributed by atoms with Crippen molar-refractivity contribution in [3.63, 3.8) is 0 Å². The molecule has 6 heteroatoms. The number of aliphatic hydroxyl groups excluding tert-OH is 2. The Kier molecular flexibility index (Phi) is 71.3. The van der Waals surface area contributed by atoms with Gasteiger partial charge in [0, 0.05) is 12.8 Å². The number of aliphatic hydroxyl groups is 2. The minimum Gasteiger partial charge on any atom is -0.466 e. The number of carbonyl (C=O) groups is 2. The van der Waals surface area contributed by atoms with Crippen molar-refractivity contribution in [2.24, 2.45) is 0 Å². The lowest BCUT2D eigenvalue weighted by molar-refractivity contribution is -0.143. The fourth-order valence-electron chi connectivity index (χ4n) is 12.6. The molecular weight excluding hydrogens is 1010 g/mol. The highest BCUT2D eigenvalue weighted by molar-refractivity contribution is 5.76. The van der Waals surface area contributed by atoms with Crippen molar-refractivity contribution in [3.8, 4) is 0 Å². The van der Waals surface area contributed by atoms with Crippen molar-refractivity contribution < 1.29 is 24.5 Å². The summed E-state index contributed by atoms with van der Waals surface area (Å²) >= 11 is 0. The van der Waals surface area contributed by atoms with E-state index in [4.69, 9.17) is 4.74 Å². The van der Waals surface area contributed by atoms with Crippen LogP contribution in [0.4, 0.5) is 0 Å². The lowest BCUT2D eigenvalue weighted by Gasteiger charge is -2.22. The van der Waals surface area contributed by atoms with Crippen molar-refractivity contribution in [2.75, 3.05) is 13.2 Å². The van der Waals surface area contributed by atoms with E-state index in [1.54, 1.807) is 0 Å². The molecule has 0 aromatic carbocycles. The molecule has 0 aliphatic heterocycles. The molecule has 82 heavy (non-hydrogen) atoms. The van der Waals surface area contributed by atoms with Gasteiger partial charge in [-0.3, -0.25) is 9.59 Å². The van der Waals surface area contributed by atoms with Crippen LogP contribution in [-0.4, -0.2) is 47.4 Å². The number of nitrogens with one attached hydrogen (secondary N) is 1. The van der Waals surface area contributed by atoms with Crippen molar-refractivity contribution in [3.05, 3.63) is 0 Å². The Hall–Kier alpha value is -1.14. The Morgan fingerprint density at radius 1 is 0.293 bits per heavy atom. The number of amides is 1. The third kappa shape index (κ3) is 68.0. The molecule has 0 aromatic rings. The van der Waals surface area contributed by atoms with Gasteiger partial charge in [0.25, 0.3) is 0 Å². The molecule has 0 aliphatic rings. The lowest BCUT2D eigenvalue weighted by atomic mass is 10.0. The molecular formula is C76H151NO5. The van der Waals surface area contributed by atoms with Crippen molar-refractivity contribution in [1.29, 1.82) is 0 Å². The Bertz CT molecular complexity index is 1200. The van der Waals surface area contributed by atoms with Crippen LogP contribution in [0.2, 0.25) is 0 Å². The van der Waals surface area contributed by atoms with Gasteiger partial charge in [0.1, 0.15) is 0 Å². The third-order valence-electron chi connectivity index (χ3n) is 18.4. The molecule has 0 saturated carbocycles. The smallest absolute Gasteiger partial charge is 0.305 e. The summed E-state index contributed by atoms with van der Waals surface area (Å²) in [7, 11) is 0. The molecule has 0 aromatic heterocycles. The summed E-state index contributed by atoms with van der Waals surface area (Å²) in [5.41, 5.74) is 0. The van der Waals surface area contributed by atoms with Gasteiger partial charge in [-0.15, -0.1) is 0 Å². The molecule has 2 atom stereocenters. The molecule has 0 radical (unpaired) electrons. The van der Waals surface area contributed by atoms with E-state index in [0.29, 0.717) is 25.9 Å². The van der Waals surface area contributed by atoms with Crippen LogP contribution in [0.25, 0.3) is 0 Å². The maximum atomic E-state index is 12.5. The van der Waals surface area contributed by atoms with Gasteiger partial charge in [-0.05, 0) is 25.7 Å². The van der Waals surface area contributed by atoms with Crippen LogP contribution in [0, 0.1) is 0 Å². The summed E-state index contributed by atoms with van der Waals surface area (Å²) < 4.78 is 5.52. The van der Waals surface area contributed by atoms with Gasteiger partial charge in [-0.25, -0.2) is 0 Å². The lowest BCUT2D eigenvalue weighted by Crippen LogP contribution is -2.45. The number of rotatable bonds is 73. The largest absolute Gasteiger partial charge is 0.466 e. The van der Waals surface area contributed by atoms with Crippen LogP contribution in [0.3, 0.4) is 0 Å². The molecule has 0 spiro atoms. The van der Waals surface area contributed by atoms with Gasteiger partial charge in [-0.1, -0.05) is 412 Å². The first-order valence-electron chi connectivity index (χ1n) is 38.3. The van der Waals surface area contributed by atoms with Gasteiger partial charge in [-0.2, -0.15) is 0 Å². The number of hydrogen-bond donors (Lipinski definition) is 3. The summed E-state index contributed by atoms with van der Waals surface area (Å²) in [4.78, 5) is 24.6. The van der Waals surface area contributed by atoms with E-state index in [9.17, 15) is 19.8 Å². The SMILES string of the molecule is CCCCCCCCCCCCCCCCCCCCCC(=O)OCCCCCCCCCCCCCCCCCCCCCCCCCCCCCCCCCCCC(=O)NC(CO)C(O)CCCCCCCCCCCCCCC. The summed E-state index contributed by atoms with van der Waals surface area (Å²) in [5.74, 6) is 0.000912. The molecule has 2 unspecified atom stereocenters. The van der Waals surface area contributed by atoms with Crippen molar-refractivity contribution >= 4 is 11.9 Å². The molecule has 0 heterocycles. The van der Waals surface area contributed by atoms with E-state index in [-0.39, 0.29) is 18.5 Å². The Morgan fingerprint density at radius 3 is 0.744 bits per heavy atom. The van der Waals surface area contributed by atoms with Crippen LogP contribution >= 0.6 is 0 Å². The average molecular weight is 1160 g/mol. The fourth-order valence-corrected chi connectivity index (χ4v) is 12.6. The highest BCUT2D eigenvalue weighted by Gasteiger charge is 2.20. The third-order valence-corrected chi connectivity index (χ3v) is 18.4. The van der Waals surface area contributed by atoms with Crippen LogP contribution in [-0.2, 0) is 14.3 Å². The predicted octanol–water partition coefficient (Wildman–Crippen LogP) is 24.9. The topological polar surface area (TPSA) is 95.9 Å². The maximum absolute atomic E-state index is 12.5. The Morgan fingerprint density at radius 2 is 0.500 bits per heavy atom. The van der Waals surface area contributed by atoms with E-state index in [0.717, 1.165) is 38.5 Å². The summed E-state index contributed by atoms with van der Waals surface area (Å²) in [6.45, 7) is 5.01. The molecule has 490 valence electrons. The van der Waals surface area contributed by atoms with Gasteiger partial charge >= 0.3 is 5.97 Å². The molecule has 0 fully saturated rings. The standard InChI is InChI=1S/C76H151NO5/c1-3-5-7-9-11-13-15-17-18-19-35-39-42-46-50-54-58-62-66-70-76(81)82-71-67-63-59-55-51-47-43-40-37-34-32-30-28-26-24-22-20-21-23-25-27-29-31-33-36-38-41-45-49-53-57-61-65-69-75(80)77-73(72-78)74(79)68-64-60-56-52-48-44-16-14-12-10-8-6-4-2/h73-74,78-79H,3-72H2,1-2H3,(H,77,80). The maximum Gasteiger partial charge on any atom is 0.305 e. The first kappa shape index (κ1) is 80.9. The number of hydrogen-bond acceptors (Lipinski definition) is 5. The van der Waals surface area contributed by atoms with Gasteiger partial charge in [0.2, 0.25) is 5.91 Å². The molecule has 0 bridgehead atoms. The van der Waals surface area contributed by atoms with E-state index in [2.05, 4.69) is 19.2 Å². The van der Waals surface area contributed by atoms with Crippen molar-refractivity contribution in [1.82, 2.24) is 5.32 Å². The summed E-state index contributed by atoms with van der Waals surface area (Å²) in [6, 6.07) is -0.536. The van der Waals surface area contributed by atoms with Crippen LogP contribution in [0.15, 0.2) is 0 Å². The quantitative estimate of drug-likeness (QED) is 0.0417. The monoisotopic (exact) mass is 1160 g/mol. The number of unbranched alkanes of at least 4 members (excludes halogenated alkanes) is 62. The minimum absolute atomic E-state index is 0.0270. The second kappa shape index (κ2) is 72.3. The summed E-state index contributed by atoms with van der Waals surface area (Å²) in [6.07, 6.45) is 89.1. The van der Waals surface area contributed by atoms with Crippen LogP contribution < -0.4 is 5.32 Å². The van der Waals surface area contributed by atoms with Gasteiger partial charge in [0.15, 0.2) is 0 Å². The molecule has 0 saturated heterocycles. The molecule has 3 N–H and O–H groups in total. The minimum atomic E-state index is -0.659. The summed E-state index contributed by atoms with van der Waals surface area (Å²) in [5, 5.41) is 23.3. The fraction of sp³-hybridized carbons (Fsp3) is 0.974. The zero-order chi connectivity index (χ0) is 59.2. The number of ether oxygens (including phenoxy) is 1.